The van der Waals surface area contributed by atoms with E-state index in [1.807, 2.05) is 7.11 Å². The van der Waals surface area contributed by atoms with Crippen LogP contribution in [0.1, 0.15) is 0 Å². The predicted molar refractivity (Wildman–Crippen MR) is 106 cm³/mol. The molecule has 0 aromatic carbocycles. The van der Waals surface area contributed by atoms with E-state index in [9.17, 15) is 0 Å². The van der Waals surface area contributed by atoms with Crippen molar-refractivity contribution in [1.29, 1.82) is 0 Å². The minimum Gasteiger partial charge on any atom is -0.398 e. The maximum absolute atomic E-state index is 6.30. The molecule has 0 spiro atoms. The van der Waals surface area contributed by atoms with E-state index in [1.54, 1.807) is 0 Å². The highest BCUT2D eigenvalue weighted by atomic mass is 28.4. The summed E-state index contributed by atoms with van der Waals surface area (Å²) in [5, 5.41) is 0. The van der Waals surface area contributed by atoms with Crippen molar-refractivity contribution in [2.45, 2.75) is 71.5 Å². The Morgan fingerprint density at radius 3 is 1.48 bits per heavy atom. The topological polar surface area (TPSA) is 21.7 Å². The van der Waals surface area contributed by atoms with Crippen molar-refractivity contribution >= 4 is 33.1 Å². The molecule has 0 rings (SSSR count). The van der Waals surface area contributed by atoms with Crippen molar-refractivity contribution in [2.24, 2.45) is 0 Å². The Labute approximate surface area is 137 Å². The van der Waals surface area contributed by atoms with Crippen molar-refractivity contribution in [3.8, 4) is 0 Å². The minimum absolute atomic E-state index is 0.920. The van der Waals surface area contributed by atoms with Gasteiger partial charge in [-0.25, -0.2) is 0 Å². The summed E-state index contributed by atoms with van der Waals surface area (Å²) in [5.41, 5.74) is 0. The standard InChI is InChI=1S/C14H39NO2Si4/c1-16-21(11,17-14-18(2,3)4)13-12-15(19(5,6)7)20(8,9)10/h12-14H2,1-11H3. The first-order chi connectivity index (χ1) is 9.11. The summed E-state index contributed by atoms with van der Waals surface area (Å²) < 4.78 is 15.0. The smallest absolute Gasteiger partial charge is 0.335 e. The molecule has 0 bridgehead atoms. The molecule has 0 heterocycles. The molecule has 0 fully saturated rings. The van der Waals surface area contributed by atoms with Crippen LogP contribution in [0.5, 0.6) is 0 Å². The van der Waals surface area contributed by atoms with Gasteiger partial charge in [-0.05, 0) is 13.1 Å². The molecule has 1 atom stereocenters. The van der Waals surface area contributed by atoms with Crippen LogP contribution in [0.3, 0.4) is 0 Å². The van der Waals surface area contributed by atoms with Crippen LogP contribution in [0.25, 0.3) is 0 Å². The van der Waals surface area contributed by atoms with E-state index < -0.39 is 33.1 Å². The molecular formula is C14H39NO2Si4. The van der Waals surface area contributed by atoms with Gasteiger partial charge in [-0.2, -0.15) is 0 Å². The van der Waals surface area contributed by atoms with Crippen LogP contribution in [0.4, 0.5) is 0 Å². The lowest BCUT2D eigenvalue weighted by Crippen LogP contribution is -2.60. The Morgan fingerprint density at radius 1 is 0.762 bits per heavy atom. The largest absolute Gasteiger partial charge is 0.398 e. The molecule has 0 aromatic heterocycles. The van der Waals surface area contributed by atoms with Gasteiger partial charge in [0, 0.05) is 19.4 Å². The summed E-state index contributed by atoms with van der Waals surface area (Å²) in [5.74, 6) is 0. The first kappa shape index (κ1) is 21.7. The van der Waals surface area contributed by atoms with E-state index >= 15 is 0 Å². The van der Waals surface area contributed by atoms with Crippen molar-refractivity contribution < 1.29 is 8.85 Å². The molecule has 0 amide bonds. The molecule has 0 N–H and O–H groups in total. The molecule has 0 aromatic rings. The summed E-state index contributed by atoms with van der Waals surface area (Å²) >= 11 is 0. The van der Waals surface area contributed by atoms with Gasteiger partial charge in [-0.1, -0.05) is 58.9 Å². The SMILES string of the molecule is CO[Si](C)(CCN([Si](C)(C)C)[Si](C)(C)C)OC[Si](C)(C)C. The molecule has 0 aliphatic heterocycles. The fraction of sp³-hybridized carbons (Fsp3) is 1.00. The minimum atomic E-state index is -2.02. The van der Waals surface area contributed by atoms with E-state index in [0.29, 0.717) is 0 Å². The highest BCUT2D eigenvalue weighted by molar-refractivity contribution is 6.89. The molecule has 0 radical (unpaired) electrons. The Bertz CT molecular complexity index is 306. The summed E-state index contributed by atoms with van der Waals surface area (Å²) in [7, 11) is -3.91. The second-order valence-corrected chi connectivity index (χ2v) is 28.5. The number of nitrogens with zero attached hydrogens (tertiary/aromatic N) is 1. The van der Waals surface area contributed by atoms with E-state index in [-0.39, 0.29) is 0 Å². The zero-order valence-electron chi connectivity index (χ0n) is 16.4. The van der Waals surface area contributed by atoms with Crippen molar-refractivity contribution in [3.05, 3.63) is 0 Å². The van der Waals surface area contributed by atoms with E-state index in [4.69, 9.17) is 8.85 Å². The van der Waals surface area contributed by atoms with Crippen LogP contribution in [0.15, 0.2) is 0 Å². The van der Waals surface area contributed by atoms with Gasteiger partial charge in [0.05, 0.1) is 8.07 Å². The molecule has 0 saturated carbocycles. The third-order valence-electron chi connectivity index (χ3n) is 3.65. The predicted octanol–water partition coefficient (Wildman–Crippen LogP) is 4.57. The maximum Gasteiger partial charge on any atom is 0.335 e. The highest BCUT2D eigenvalue weighted by Gasteiger charge is 2.38. The molecule has 0 saturated heterocycles. The highest BCUT2D eigenvalue weighted by Crippen LogP contribution is 2.23. The molecular weight excluding hydrogens is 327 g/mol. The van der Waals surface area contributed by atoms with Gasteiger partial charge in [0.2, 0.25) is 0 Å². The van der Waals surface area contributed by atoms with Gasteiger partial charge >= 0.3 is 8.56 Å². The molecule has 0 aliphatic carbocycles. The van der Waals surface area contributed by atoms with Crippen LogP contribution in [0.2, 0.25) is 71.5 Å². The average Bonchev–Trinajstić information content (AvgIpc) is 2.22. The second-order valence-electron chi connectivity index (χ2n) is 9.43. The van der Waals surface area contributed by atoms with Crippen molar-refractivity contribution in [3.63, 3.8) is 0 Å². The zero-order valence-corrected chi connectivity index (χ0v) is 20.4. The molecule has 0 aliphatic rings. The Morgan fingerprint density at radius 2 is 1.19 bits per heavy atom. The summed E-state index contributed by atoms with van der Waals surface area (Å²) in [6.45, 7) is 25.2. The molecule has 7 heteroatoms. The van der Waals surface area contributed by atoms with E-state index in [2.05, 4.69) is 69.7 Å². The van der Waals surface area contributed by atoms with E-state index in [1.165, 1.54) is 0 Å². The first-order valence-electron chi connectivity index (χ1n) is 8.08. The molecule has 3 nitrogen and oxygen atoms in total. The monoisotopic (exact) mass is 365 g/mol. The van der Waals surface area contributed by atoms with Crippen LogP contribution in [-0.2, 0) is 8.85 Å². The first-order valence-corrected chi connectivity index (χ1v) is 21.2. The Kier molecular flexibility index (Phi) is 7.81. The van der Waals surface area contributed by atoms with Crippen LogP contribution >= 0.6 is 0 Å². The van der Waals surface area contributed by atoms with Crippen LogP contribution in [-0.4, -0.2) is 57.2 Å². The van der Waals surface area contributed by atoms with Crippen LogP contribution < -0.4 is 0 Å². The number of rotatable bonds is 9. The van der Waals surface area contributed by atoms with Gasteiger partial charge in [0.25, 0.3) is 0 Å². The third kappa shape index (κ3) is 8.82. The van der Waals surface area contributed by atoms with E-state index in [0.717, 1.165) is 18.8 Å². The number of hydrogen-bond acceptors (Lipinski definition) is 3. The van der Waals surface area contributed by atoms with Gasteiger partial charge < -0.3 is 13.1 Å². The summed E-state index contributed by atoms with van der Waals surface area (Å²) in [6.07, 6.45) is 0.920. The second kappa shape index (κ2) is 7.54. The molecule has 128 valence electrons. The maximum atomic E-state index is 6.30. The Hall–Kier alpha value is 0.748. The van der Waals surface area contributed by atoms with Gasteiger partial charge in [-0.15, -0.1) is 0 Å². The third-order valence-corrected chi connectivity index (χ3v) is 15.4. The van der Waals surface area contributed by atoms with Crippen LogP contribution in [0, 0.1) is 0 Å². The number of hydrogen-bond donors (Lipinski definition) is 0. The Balaban J connectivity index is 4.82. The fourth-order valence-corrected chi connectivity index (χ4v) is 16.7. The zero-order chi connectivity index (χ0) is 17.1. The lowest BCUT2D eigenvalue weighted by molar-refractivity contribution is 0.232. The fourth-order valence-electron chi connectivity index (χ4n) is 2.59. The summed E-state index contributed by atoms with van der Waals surface area (Å²) in [6, 6.07) is 1.09. The van der Waals surface area contributed by atoms with Gasteiger partial charge in [0.1, 0.15) is 16.5 Å². The normalized spacial score (nSPS) is 17.1. The van der Waals surface area contributed by atoms with Crippen molar-refractivity contribution in [1.82, 2.24) is 4.23 Å². The van der Waals surface area contributed by atoms with Crippen molar-refractivity contribution in [2.75, 3.05) is 19.9 Å². The lowest BCUT2D eigenvalue weighted by atomic mass is 10.8. The lowest BCUT2D eigenvalue weighted by Gasteiger charge is -2.44. The molecule has 1 unspecified atom stereocenters. The summed E-state index contributed by atoms with van der Waals surface area (Å²) in [4.78, 5) is 0. The average molecular weight is 366 g/mol. The van der Waals surface area contributed by atoms with Gasteiger partial charge in [0.15, 0.2) is 0 Å². The quantitative estimate of drug-likeness (QED) is 0.559. The van der Waals surface area contributed by atoms with Gasteiger partial charge in [-0.3, -0.25) is 0 Å². The molecule has 21 heavy (non-hydrogen) atoms.